The van der Waals surface area contributed by atoms with Gasteiger partial charge in [-0.05, 0) is 43.8 Å². The fraction of sp³-hybridized carbons (Fsp3) is 0.625. The smallest absolute Gasteiger partial charge is 0.0363 e. The second-order valence-corrected chi connectivity index (χ2v) is 6.21. The Balaban J connectivity index is 2.75. The van der Waals surface area contributed by atoms with E-state index in [4.69, 9.17) is 17.3 Å². The lowest BCUT2D eigenvalue weighted by Gasteiger charge is -2.48. The maximum Gasteiger partial charge on any atom is 0.0363 e. The van der Waals surface area contributed by atoms with Gasteiger partial charge in [-0.2, -0.15) is 0 Å². The molecule has 1 nitrogen and oxygen atoms in total. The third kappa shape index (κ3) is 3.49. The molecule has 0 aliphatic heterocycles. The molecule has 102 valence electrons. The Bertz CT molecular complexity index is 348. The molecule has 0 radical (unpaired) electrons. The predicted molar refractivity (Wildman–Crippen MR) is 81.6 cm³/mol. The van der Waals surface area contributed by atoms with Gasteiger partial charge in [0.1, 0.15) is 0 Å². The third-order valence-corrected chi connectivity index (χ3v) is 4.38. The molecule has 18 heavy (non-hydrogen) atoms. The van der Waals surface area contributed by atoms with Gasteiger partial charge in [-0.1, -0.05) is 50.6 Å². The SMILES string of the molecule is C=C(/C=C\C(Cl)=C/C)C1(C(N)CC(C)C)CCC1. The monoisotopic (exact) mass is 267 g/mol. The lowest BCUT2D eigenvalue weighted by Crippen LogP contribution is -2.48. The minimum absolute atomic E-state index is 0.117. The second-order valence-electron chi connectivity index (χ2n) is 5.78. The standard InChI is InChI=1S/C16H26ClN/c1-5-14(17)8-7-13(4)16(9-6-10-16)15(18)11-12(2)3/h5,7-8,12,15H,4,6,9-11,18H2,1-3H3/b8-7-,14-5+. The van der Waals surface area contributed by atoms with Gasteiger partial charge in [0.25, 0.3) is 0 Å². The summed E-state index contributed by atoms with van der Waals surface area (Å²) in [5, 5.41) is 0.753. The van der Waals surface area contributed by atoms with E-state index in [1.165, 1.54) is 6.42 Å². The highest BCUT2D eigenvalue weighted by Gasteiger charge is 2.43. The van der Waals surface area contributed by atoms with Crippen molar-refractivity contribution in [2.45, 2.75) is 52.5 Å². The van der Waals surface area contributed by atoms with Crippen molar-refractivity contribution in [3.63, 3.8) is 0 Å². The van der Waals surface area contributed by atoms with Gasteiger partial charge in [0.15, 0.2) is 0 Å². The predicted octanol–water partition coefficient (Wildman–Crippen LogP) is 4.79. The molecule has 0 spiro atoms. The molecule has 0 aromatic carbocycles. The molecule has 1 unspecified atom stereocenters. The van der Waals surface area contributed by atoms with E-state index >= 15 is 0 Å². The van der Waals surface area contributed by atoms with Gasteiger partial charge >= 0.3 is 0 Å². The van der Waals surface area contributed by atoms with Crippen molar-refractivity contribution in [2.75, 3.05) is 0 Å². The van der Waals surface area contributed by atoms with Gasteiger partial charge < -0.3 is 5.73 Å². The molecule has 1 aliphatic carbocycles. The number of nitrogens with two attached hydrogens (primary N) is 1. The highest BCUT2D eigenvalue weighted by Crippen LogP contribution is 2.50. The van der Waals surface area contributed by atoms with Crippen molar-refractivity contribution in [3.8, 4) is 0 Å². The van der Waals surface area contributed by atoms with E-state index in [0.717, 1.165) is 29.9 Å². The zero-order valence-electron chi connectivity index (χ0n) is 11.9. The van der Waals surface area contributed by atoms with Crippen LogP contribution in [0.5, 0.6) is 0 Å². The van der Waals surface area contributed by atoms with Crippen LogP contribution >= 0.6 is 11.6 Å². The Morgan fingerprint density at radius 1 is 1.39 bits per heavy atom. The fourth-order valence-electron chi connectivity index (χ4n) is 2.66. The van der Waals surface area contributed by atoms with Crippen LogP contribution in [-0.2, 0) is 0 Å². The summed E-state index contributed by atoms with van der Waals surface area (Å²) in [6.45, 7) is 10.6. The molecule has 1 rings (SSSR count). The van der Waals surface area contributed by atoms with E-state index in [1.54, 1.807) is 0 Å². The van der Waals surface area contributed by atoms with Crippen LogP contribution < -0.4 is 5.73 Å². The summed E-state index contributed by atoms with van der Waals surface area (Å²) in [6.07, 6.45) is 10.5. The molecule has 1 atom stereocenters. The number of hydrogen-bond acceptors (Lipinski definition) is 1. The summed E-state index contributed by atoms with van der Waals surface area (Å²) in [7, 11) is 0. The number of halogens is 1. The third-order valence-electron chi connectivity index (χ3n) is 4.04. The highest BCUT2D eigenvalue weighted by atomic mass is 35.5. The maximum atomic E-state index is 6.41. The fourth-order valence-corrected chi connectivity index (χ4v) is 2.73. The second kappa shape index (κ2) is 6.58. The summed E-state index contributed by atoms with van der Waals surface area (Å²) in [5.41, 5.74) is 7.67. The first-order valence-electron chi connectivity index (χ1n) is 6.87. The molecule has 0 bridgehead atoms. The van der Waals surface area contributed by atoms with Crippen molar-refractivity contribution in [2.24, 2.45) is 17.1 Å². The maximum absolute atomic E-state index is 6.41. The van der Waals surface area contributed by atoms with Crippen molar-refractivity contribution in [3.05, 3.63) is 35.4 Å². The summed E-state index contributed by atoms with van der Waals surface area (Å²) >= 11 is 5.99. The Labute approximate surface area is 117 Å². The van der Waals surface area contributed by atoms with E-state index in [2.05, 4.69) is 20.4 Å². The molecule has 1 aliphatic rings. The van der Waals surface area contributed by atoms with Gasteiger partial charge in [0.05, 0.1) is 0 Å². The minimum atomic E-state index is 0.117. The van der Waals surface area contributed by atoms with Crippen LogP contribution in [0.2, 0.25) is 0 Å². The van der Waals surface area contributed by atoms with E-state index in [1.807, 2.05) is 25.2 Å². The van der Waals surface area contributed by atoms with E-state index in [9.17, 15) is 0 Å². The molecular formula is C16H26ClN. The number of allylic oxidation sites excluding steroid dienone is 4. The molecule has 0 aromatic heterocycles. The molecule has 2 N–H and O–H groups in total. The number of hydrogen-bond donors (Lipinski definition) is 1. The van der Waals surface area contributed by atoms with Crippen molar-refractivity contribution in [1.82, 2.24) is 0 Å². The zero-order valence-corrected chi connectivity index (χ0v) is 12.6. The molecule has 2 heteroatoms. The largest absolute Gasteiger partial charge is 0.327 e. The summed E-state index contributed by atoms with van der Waals surface area (Å²) in [6, 6.07) is 0.216. The van der Waals surface area contributed by atoms with Gasteiger partial charge in [-0.25, -0.2) is 0 Å². The Hall–Kier alpha value is -0.530. The quantitative estimate of drug-likeness (QED) is 0.689. The van der Waals surface area contributed by atoms with Crippen LogP contribution in [-0.4, -0.2) is 6.04 Å². The topological polar surface area (TPSA) is 26.0 Å². The van der Waals surface area contributed by atoms with Gasteiger partial charge in [0.2, 0.25) is 0 Å². The molecule has 0 saturated heterocycles. The molecule has 1 saturated carbocycles. The first-order chi connectivity index (χ1) is 8.42. The van der Waals surface area contributed by atoms with Crippen LogP contribution in [0.4, 0.5) is 0 Å². The van der Waals surface area contributed by atoms with E-state index in [-0.39, 0.29) is 11.5 Å². The first-order valence-corrected chi connectivity index (χ1v) is 7.25. The molecule has 0 aromatic rings. The first kappa shape index (κ1) is 15.5. The lowest BCUT2D eigenvalue weighted by molar-refractivity contribution is 0.133. The highest BCUT2D eigenvalue weighted by molar-refractivity contribution is 6.31. The van der Waals surface area contributed by atoms with Crippen LogP contribution in [0.3, 0.4) is 0 Å². The van der Waals surface area contributed by atoms with Crippen molar-refractivity contribution >= 4 is 11.6 Å². The van der Waals surface area contributed by atoms with Gasteiger partial charge in [0, 0.05) is 16.5 Å². The summed E-state index contributed by atoms with van der Waals surface area (Å²) < 4.78 is 0. The molecule has 0 amide bonds. The minimum Gasteiger partial charge on any atom is -0.327 e. The van der Waals surface area contributed by atoms with Gasteiger partial charge in [-0.3, -0.25) is 0 Å². The van der Waals surface area contributed by atoms with E-state index < -0.39 is 0 Å². The van der Waals surface area contributed by atoms with Crippen LogP contribution in [0.1, 0.15) is 46.5 Å². The normalized spacial score (nSPS) is 21.1. The van der Waals surface area contributed by atoms with Crippen LogP contribution in [0.25, 0.3) is 0 Å². The summed E-state index contributed by atoms with van der Waals surface area (Å²) in [4.78, 5) is 0. The Kier molecular flexibility index (Phi) is 5.68. The Morgan fingerprint density at radius 2 is 2.00 bits per heavy atom. The van der Waals surface area contributed by atoms with Gasteiger partial charge in [-0.15, -0.1) is 0 Å². The summed E-state index contributed by atoms with van der Waals surface area (Å²) in [5.74, 6) is 0.633. The van der Waals surface area contributed by atoms with Crippen molar-refractivity contribution < 1.29 is 0 Å². The lowest BCUT2D eigenvalue weighted by atomic mass is 9.59. The zero-order chi connectivity index (χ0) is 13.8. The van der Waals surface area contributed by atoms with Crippen molar-refractivity contribution in [1.29, 1.82) is 0 Å². The average molecular weight is 268 g/mol. The van der Waals surface area contributed by atoms with Crippen LogP contribution in [0.15, 0.2) is 35.4 Å². The molecule has 1 fully saturated rings. The molecule has 0 heterocycles. The Morgan fingerprint density at radius 3 is 2.39 bits per heavy atom. The molecular weight excluding hydrogens is 242 g/mol. The number of rotatable bonds is 6. The van der Waals surface area contributed by atoms with Crippen LogP contribution in [0, 0.1) is 11.3 Å². The average Bonchev–Trinajstić information content (AvgIpc) is 2.23. The van der Waals surface area contributed by atoms with E-state index in [0.29, 0.717) is 5.92 Å².